The van der Waals surface area contributed by atoms with E-state index in [1.165, 1.54) is 0 Å². The molecule has 0 saturated carbocycles. The maximum atomic E-state index is 6.04. The van der Waals surface area contributed by atoms with Crippen molar-refractivity contribution in [2.45, 2.75) is 13.8 Å². The lowest BCUT2D eigenvalue weighted by atomic mass is 10.1. The summed E-state index contributed by atoms with van der Waals surface area (Å²) in [7, 11) is 1.63. The predicted molar refractivity (Wildman–Crippen MR) is 78.1 cm³/mol. The second-order valence-electron chi connectivity index (χ2n) is 4.29. The first-order valence-corrected chi connectivity index (χ1v) is 6.31. The molecular formula is C15H15ClN2O. The molecule has 0 unspecified atom stereocenters. The molecule has 0 spiro atoms. The van der Waals surface area contributed by atoms with Crippen molar-refractivity contribution in [3.63, 3.8) is 0 Å². The third kappa shape index (κ3) is 3.12. The molecule has 0 fully saturated rings. The van der Waals surface area contributed by atoms with Crippen molar-refractivity contribution in [3.05, 3.63) is 52.5 Å². The molecule has 0 heterocycles. The lowest BCUT2D eigenvalue weighted by molar-refractivity contribution is 0.412. The smallest absolute Gasteiger partial charge is 0.149 e. The lowest BCUT2D eigenvalue weighted by Crippen LogP contribution is -1.88. The predicted octanol–water partition coefficient (Wildman–Crippen LogP) is 5.38. The number of halogens is 1. The zero-order chi connectivity index (χ0) is 13.8. The van der Waals surface area contributed by atoms with Gasteiger partial charge in [0.05, 0.1) is 12.1 Å². The number of ether oxygens (including phenoxy) is 1. The molecule has 4 heteroatoms. The van der Waals surface area contributed by atoms with Crippen LogP contribution in [0.5, 0.6) is 5.75 Å². The summed E-state index contributed by atoms with van der Waals surface area (Å²) in [6.07, 6.45) is 0. The minimum Gasteiger partial charge on any atom is -0.494 e. The minimum atomic E-state index is 0.578. The summed E-state index contributed by atoms with van der Waals surface area (Å²) in [4.78, 5) is 0. The summed E-state index contributed by atoms with van der Waals surface area (Å²) < 4.78 is 5.36. The van der Waals surface area contributed by atoms with Crippen LogP contribution in [0.25, 0.3) is 0 Å². The Balaban J connectivity index is 2.41. The van der Waals surface area contributed by atoms with E-state index in [0.29, 0.717) is 16.4 Å². The third-order valence-corrected chi connectivity index (χ3v) is 3.04. The van der Waals surface area contributed by atoms with Crippen molar-refractivity contribution < 1.29 is 4.74 Å². The third-order valence-electron chi connectivity index (χ3n) is 2.72. The van der Waals surface area contributed by atoms with Gasteiger partial charge in [-0.05, 0) is 43.2 Å². The first-order chi connectivity index (χ1) is 9.11. The van der Waals surface area contributed by atoms with E-state index in [1.54, 1.807) is 13.2 Å². The van der Waals surface area contributed by atoms with Gasteiger partial charge in [0, 0.05) is 0 Å². The van der Waals surface area contributed by atoms with E-state index in [2.05, 4.69) is 10.2 Å². The van der Waals surface area contributed by atoms with Crippen LogP contribution in [0.3, 0.4) is 0 Å². The number of methoxy groups -OCH3 is 1. The lowest BCUT2D eigenvalue weighted by Gasteiger charge is -2.08. The van der Waals surface area contributed by atoms with Gasteiger partial charge in [-0.25, -0.2) is 0 Å². The van der Waals surface area contributed by atoms with Gasteiger partial charge in [0.1, 0.15) is 17.1 Å². The standard InChI is InChI=1S/C15H15ClN2O/c1-10-8-11(2)15(19-3)14(9-10)18-17-13-7-5-4-6-12(13)16/h4-9H,1-3H3. The van der Waals surface area contributed by atoms with Crippen molar-refractivity contribution in [2.75, 3.05) is 7.11 Å². The van der Waals surface area contributed by atoms with Crippen LogP contribution < -0.4 is 4.74 Å². The largest absolute Gasteiger partial charge is 0.494 e. The van der Waals surface area contributed by atoms with Crippen molar-refractivity contribution in [3.8, 4) is 5.75 Å². The Morgan fingerprint density at radius 1 is 1.00 bits per heavy atom. The SMILES string of the molecule is COc1c(C)cc(C)cc1N=Nc1ccccc1Cl. The molecule has 3 nitrogen and oxygen atoms in total. The second-order valence-corrected chi connectivity index (χ2v) is 4.69. The first-order valence-electron chi connectivity index (χ1n) is 5.93. The van der Waals surface area contributed by atoms with E-state index < -0.39 is 0 Å². The quantitative estimate of drug-likeness (QED) is 0.692. The van der Waals surface area contributed by atoms with Gasteiger partial charge in [-0.3, -0.25) is 0 Å². The van der Waals surface area contributed by atoms with Gasteiger partial charge in [-0.15, -0.1) is 10.2 Å². The summed E-state index contributed by atoms with van der Waals surface area (Å²) in [5.41, 5.74) is 3.51. The fourth-order valence-electron chi connectivity index (χ4n) is 1.91. The van der Waals surface area contributed by atoms with Gasteiger partial charge in [0.25, 0.3) is 0 Å². The van der Waals surface area contributed by atoms with Crippen LogP contribution in [0.2, 0.25) is 5.02 Å². The van der Waals surface area contributed by atoms with Crippen LogP contribution in [0.1, 0.15) is 11.1 Å². The van der Waals surface area contributed by atoms with Gasteiger partial charge in [0.15, 0.2) is 0 Å². The van der Waals surface area contributed by atoms with Crippen LogP contribution >= 0.6 is 11.6 Å². The highest BCUT2D eigenvalue weighted by Crippen LogP contribution is 2.34. The Morgan fingerprint density at radius 3 is 2.37 bits per heavy atom. The van der Waals surface area contributed by atoms with Crippen molar-refractivity contribution >= 4 is 23.0 Å². The highest BCUT2D eigenvalue weighted by molar-refractivity contribution is 6.32. The zero-order valence-electron chi connectivity index (χ0n) is 11.1. The van der Waals surface area contributed by atoms with Crippen LogP contribution in [0.4, 0.5) is 11.4 Å². The Hall–Kier alpha value is -1.87. The molecular weight excluding hydrogens is 260 g/mol. The monoisotopic (exact) mass is 274 g/mol. The molecule has 0 bridgehead atoms. The summed E-state index contributed by atoms with van der Waals surface area (Å²) in [5, 5.41) is 9.00. The molecule has 0 aliphatic rings. The van der Waals surface area contributed by atoms with E-state index in [-0.39, 0.29) is 0 Å². The highest BCUT2D eigenvalue weighted by Gasteiger charge is 2.07. The van der Waals surface area contributed by atoms with Crippen molar-refractivity contribution in [1.29, 1.82) is 0 Å². The van der Waals surface area contributed by atoms with E-state index in [4.69, 9.17) is 16.3 Å². The molecule has 2 rings (SSSR count). The zero-order valence-corrected chi connectivity index (χ0v) is 11.9. The van der Waals surface area contributed by atoms with E-state index >= 15 is 0 Å². The van der Waals surface area contributed by atoms with Crippen LogP contribution in [-0.2, 0) is 0 Å². The van der Waals surface area contributed by atoms with Gasteiger partial charge in [0.2, 0.25) is 0 Å². The summed E-state index contributed by atoms with van der Waals surface area (Å²) in [6, 6.07) is 11.3. The normalized spacial score (nSPS) is 10.9. The number of azo groups is 1. The molecule has 0 aliphatic heterocycles. The fourth-order valence-corrected chi connectivity index (χ4v) is 2.09. The average molecular weight is 275 g/mol. The number of rotatable bonds is 3. The summed E-state index contributed by atoms with van der Waals surface area (Å²) in [5.74, 6) is 0.737. The summed E-state index contributed by atoms with van der Waals surface area (Å²) in [6.45, 7) is 4.00. The maximum absolute atomic E-state index is 6.04. The fraction of sp³-hybridized carbons (Fsp3) is 0.200. The van der Waals surface area contributed by atoms with E-state index in [1.807, 2.05) is 44.2 Å². The second kappa shape index (κ2) is 5.85. The van der Waals surface area contributed by atoms with Crippen LogP contribution in [0.15, 0.2) is 46.6 Å². The molecule has 0 N–H and O–H groups in total. The van der Waals surface area contributed by atoms with E-state index in [0.717, 1.165) is 16.9 Å². The van der Waals surface area contributed by atoms with Crippen LogP contribution in [-0.4, -0.2) is 7.11 Å². The van der Waals surface area contributed by atoms with Crippen LogP contribution in [0, 0.1) is 13.8 Å². The molecule has 0 aliphatic carbocycles. The highest BCUT2D eigenvalue weighted by atomic mass is 35.5. The molecule has 0 radical (unpaired) electrons. The molecule has 98 valence electrons. The Kier molecular flexibility index (Phi) is 4.17. The Bertz CT molecular complexity index is 624. The number of hydrogen-bond acceptors (Lipinski definition) is 3. The van der Waals surface area contributed by atoms with Gasteiger partial charge < -0.3 is 4.74 Å². The molecule has 0 atom stereocenters. The van der Waals surface area contributed by atoms with E-state index in [9.17, 15) is 0 Å². The van der Waals surface area contributed by atoms with Gasteiger partial charge in [-0.2, -0.15) is 0 Å². The number of nitrogens with zero attached hydrogens (tertiary/aromatic N) is 2. The number of aryl methyl sites for hydroxylation is 2. The Labute approximate surface area is 117 Å². The Morgan fingerprint density at radius 2 is 1.68 bits per heavy atom. The van der Waals surface area contributed by atoms with Gasteiger partial charge in [-0.1, -0.05) is 29.8 Å². The molecule has 19 heavy (non-hydrogen) atoms. The average Bonchev–Trinajstić information content (AvgIpc) is 2.37. The minimum absolute atomic E-state index is 0.578. The first kappa shape index (κ1) is 13.6. The number of benzene rings is 2. The molecule has 2 aromatic rings. The summed E-state index contributed by atoms with van der Waals surface area (Å²) >= 11 is 6.04. The van der Waals surface area contributed by atoms with Crippen molar-refractivity contribution in [2.24, 2.45) is 10.2 Å². The molecule has 0 amide bonds. The molecule has 0 aromatic heterocycles. The van der Waals surface area contributed by atoms with Crippen molar-refractivity contribution in [1.82, 2.24) is 0 Å². The molecule has 0 saturated heterocycles. The van der Waals surface area contributed by atoms with Gasteiger partial charge >= 0.3 is 0 Å². The number of hydrogen-bond donors (Lipinski definition) is 0. The molecule has 2 aromatic carbocycles. The maximum Gasteiger partial charge on any atom is 0.149 e. The topological polar surface area (TPSA) is 34.0 Å².